The number of fused-ring (bicyclic) bond motifs is 1. The molecule has 0 aromatic heterocycles. The van der Waals surface area contributed by atoms with Gasteiger partial charge in [-0.05, 0) is 58.7 Å². The summed E-state index contributed by atoms with van der Waals surface area (Å²) in [6, 6.07) is 27.2. The van der Waals surface area contributed by atoms with E-state index in [1.54, 1.807) is 42.5 Å². The Morgan fingerprint density at radius 2 is 1.50 bits per heavy atom. The van der Waals surface area contributed by atoms with Crippen molar-refractivity contribution in [3.8, 4) is 0 Å². The van der Waals surface area contributed by atoms with E-state index in [2.05, 4.69) is 10.0 Å². The summed E-state index contributed by atoms with van der Waals surface area (Å²) in [5.74, 6) is -0.115. The highest BCUT2D eigenvalue weighted by atomic mass is 32.2. The van der Waals surface area contributed by atoms with Crippen LogP contribution >= 0.6 is 0 Å². The summed E-state index contributed by atoms with van der Waals surface area (Å²) in [4.78, 5) is 12.6. The first-order chi connectivity index (χ1) is 15.4. The number of amides is 1. The monoisotopic (exact) mass is 444 g/mol. The topological polar surface area (TPSA) is 75.3 Å². The lowest BCUT2D eigenvalue weighted by molar-refractivity contribution is -0.115. The van der Waals surface area contributed by atoms with Gasteiger partial charge in [0.1, 0.15) is 0 Å². The number of sulfonamides is 1. The van der Waals surface area contributed by atoms with Gasteiger partial charge in [-0.15, -0.1) is 0 Å². The van der Waals surface area contributed by atoms with Crippen LogP contribution < -0.4 is 10.0 Å². The lowest BCUT2D eigenvalue weighted by atomic mass is 10.1. The summed E-state index contributed by atoms with van der Waals surface area (Å²) in [5.41, 5.74) is 3.14. The number of benzene rings is 4. The molecule has 5 nitrogen and oxygen atoms in total. The van der Waals surface area contributed by atoms with Gasteiger partial charge in [-0.3, -0.25) is 9.52 Å². The fourth-order valence-electron chi connectivity index (χ4n) is 3.57. The quantitative estimate of drug-likeness (QED) is 0.402. The highest BCUT2D eigenvalue weighted by molar-refractivity contribution is 7.92. The Kier molecular flexibility index (Phi) is 6.23. The lowest BCUT2D eigenvalue weighted by Crippen LogP contribution is -2.16. The van der Waals surface area contributed by atoms with Gasteiger partial charge < -0.3 is 5.32 Å². The molecule has 0 bridgehead atoms. The van der Waals surface area contributed by atoms with Crippen LogP contribution in [0.3, 0.4) is 0 Å². The molecule has 162 valence electrons. The van der Waals surface area contributed by atoms with E-state index in [4.69, 9.17) is 0 Å². The number of hydrogen-bond acceptors (Lipinski definition) is 3. The smallest absolute Gasteiger partial charge is 0.261 e. The van der Waals surface area contributed by atoms with E-state index in [-0.39, 0.29) is 17.2 Å². The average molecular weight is 445 g/mol. The third-order valence-electron chi connectivity index (χ3n) is 5.27. The molecule has 6 heteroatoms. The van der Waals surface area contributed by atoms with E-state index in [1.165, 1.54) is 0 Å². The largest absolute Gasteiger partial charge is 0.326 e. The molecule has 0 spiro atoms. The first kappa shape index (κ1) is 21.6. The molecular formula is C26H24N2O3S. The maximum Gasteiger partial charge on any atom is 0.261 e. The van der Waals surface area contributed by atoms with Crippen LogP contribution in [0.5, 0.6) is 0 Å². The minimum Gasteiger partial charge on any atom is -0.326 e. The molecule has 0 saturated heterocycles. The van der Waals surface area contributed by atoms with Gasteiger partial charge >= 0.3 is 0 Å². The van der Waals surface area contributed by atoms with Gasteiger partial charge in [0.2, 0.25) is 5.91 Å². The zero-order valence-electron chi connectivity index (χ0n) is 17.7. The molecule has 4 rings (SSSR count). The van der Waals surface area contributed by atoms with Gasteiger partial charge in [0.15, 0.2) is 0 Å². The van der Waals surface area contributed by atoms with Gasteiger partial charge in [-0.1, -0.05) is 67.6 Å². The van der Waals surface area contributed by atoms with Gasteiger partial charge in [-0.2, -0.15) is 0 Å². The highest BCUT2D eigenvalue weighted by Crippen LogP contribution is 2.22. The molecule has 0 heterocycles. The normalized spacial score (nSPS) is 11.3. The van der Waals surface area contributed by atoms with E-state index in [1.807, 2.05) is 55.5 Å². The molecular weight excluding hydrogens is 420 g/mol. The molecule has 0 atom stereocenters. The van der Waals surface area contributed by atoms with Gasteiger partial charge in [0.25, 0.3) is 10.0 Å². The fraction of sp³-hybridized carbons (Fsp3) is 0.115. The maximum atomic E-state index is 12.8. The Balaban J connectivity index is 1.43. The molecule has 0 unspecified atom stereocenters. The van der Waals surface area contributed by atoms with Crippen molar-refractivity contribution < 1.29 is 13.2 Å². The number of para-hydroxylation sites is 1. The Hall–Kier alpha value is -3.64. The molecule has 0 saturated carbocycles. The third kappa shape index (κ3) is 4.98. The molecule has 4 aromatic carbocycles. The summed E-state index contributed by atoms with van der Waals surface area (Å²) in [6.45, 7) is 2.04. The van der Waals surface area contributed by atoms with Crippen molar-refractivity contribution in [3.63, 3.8) is 0 Å². The predicted molar refractivity (Wildman–Crippen MR) is 129 cm³/mol. The van der Waals surface area contributed by atoms with Gasteiger partial charge in [0, 0.05) is 11.4 Å². The SMILES string of the molecule is CCc1ccccc1NC(=O)Cc1ccc(NS(=O)(=O)c2ccc3ccccc3c2)cc1. The van der Waals surface area contributed by atoms with Crippen molar-refractivity contribution >= 4 is 38.1 Å². The molecule has 32 heavy (non-hydrogen) atoms. The van der Waals surface area contributed by atoms with Crippen LogP contribution in [0.15, 0.2) is 95.9 Å². The molecule has 1 amide bonds. The van der Waals surface area contributed by atoms with Crippen LogP contribution in [0.4, 0.5) is 11.4 Å². The summed E-state index contributed by atoms with van der Waals surface area (Å²) < 4.78 is 28.2. The number of anilines is 2. The Morgan fingerprint density at radius 3 is 2.25 bits per heavy atom. The first-order valence-corrected chi connectivity index (χ1v) is 11.9. The molecule has 4 aromatic rings. The number of nitrogens with one attached hydrogen (secondary N) is 2. The summed E-state index contributed by atoms with van der Waals surface area (Å²) in [5, 5.41) is 4.79. The van der Waals surface area contributed by atoms with E-state index >= 15 is 0 Å². The molecule has 0 aliphatic rings. The third-order valence-corrected chi connectivity index (χ3v) is 6.65. The number of carbonyl (C=O) groups excluding carboxylic acids is 1. The number of hydrogen-bond donors (Lipinski definition) is 2. The minimum absolute atomic E-state index is 0.115. The van der Waals surface area contributed by atoms with Crippen molar-refractivity contribution in [1.82, 2.24) is 0 Å². The van der Waals surface area contributed by atoms with Crippen LogP contribution in [0.1, 0.15) is 18.1 Å². The van der Waals surface area contributed by atoms with Crippen molar-refractivity contribution in [2.75, 3.05) is 10.0 Å². The van der Waals surface area contributed by atoms with Crippen LogP contribution in [0.2, 0.25) is 0 Å². The molecule has 0 aliphatic carbocycles. The van der Waals surface area contributed by atoms with Crippen molar-refractivity contribution in [2.24, 2.45) is 0 Å². The zero-order valence-corrected chi connectivity index (χ0v) is 18.5. The minimum atomic E-state index is -3.72. The van der Waals surface area contributed by atoms with E-state index in [0.29, 0.717) is 5.69 Å². The average Bonchev–Trinajstić information content (AvgIpc) is 2.80. The lowest BCUT2D eigenvalue weighted by Gasteiger charge is -2.11. The van der Waals surface area contributed by atoms with Crippen LogP contribution in [0.25, 0.3) is 10.8 Å². The van der Waals surface area contributed by atoms with Crippen molar-refractivity contribution in [3.05, 3.63) is 102 Å². The zero-order chi connectivity index (χ0) is 22.6. The molecule has 0 fully saturated rings. The summed E-state index contributed by atoms with van der Waals surface area (Å²) in [6.07, 6.45) is 1.04. The maximum absolute atomic E-state index is 12.8. The van der Waals surface area contributed by atoms with E-state index in [9.17, 15) is 13.2 Å². The number of aryl methyl sites for hydroxylation is 1. The van der Waals surface area contributed by atoms with Crippen LogP contribution in [-0.4, -0.2) is 14.3 Å². The van der Waals surface area contributed by atoms with Crippen LogP contribution in [0, 0.1) is 0 Å². The van der Waals surface area contributed by atoms with Crippen LogP contribution in [-0.2, 0) is 27.7 Å². The summed E-state index contributed by atoms with van der Waals surface area (Å²) >= 11 is 0. The molecule has 0 aliphatic heterocycles. The first-order valence-electron chi connectivity index (χ1n) is 10.4. The fourth-order valence-corrected chi connectivity index (χ4v) is 4.66. The van der Waals surface area contributed by atoms with Gasteiger partial charge in [0.05, 0.1) is 11.3 Å². The van der Waals surface area contributed by atoms with E-state index < -0.39 is 10.0 Å². The van der Waals surface area contributed by atoms with Crippen molar-refractivity contribution in [2.45, 2.75) is 24.7 Å². The number of carbonyl (C=O) groups is 1. The Labute approximate surface area is 188 Å². The Morgan fingerprint density at radius 1 is 0.812 bits per heavy atom. The van der Waals surface area contributed by atoms with E-state index in [0.717, 1.165) is 34.0 Å². The predicted octanol–water partition coefficient (Wildman–Crippen LogP) is 5.38. The molecule has 2 N–H and O–H groups in total. The van der Waals surface area contributed by atoms with Crippen molar-refractivity contribution in [1.29, 1.82) is 0 Å². The standard InChI is InChI=1S/C26H24N2O3S/c1-2-20-7-5-6-10-25(20)27-26(29)17-19-11-14-23(15-12-19)28-32(30,31)24-16-13-21-8-3-4-9-22(21)18-24/h3-16,18,28H,2,17H2,1H3,(H,27,29). The highest BCUT2D eigenvalue weighted by Gasteiger charge is 2.15. The molecule has 0 radical (unpaired) electrons. The summed E-state index contributed by atoms with van der Waals surface area (Å²) in [7, 11) is -3.72. The number of rotatable bonds is 7. The second kappa shape index (κ2) is 9.24. The second-order valence-electron chi connectivity index (χ2n) is 7.55. The second-order valence-corrected chi connectivity index (χ2v) is 9.23. The van der Waals surface area contributed by atoms with Gasteiger partial charge in [-0.25, -0.2) is 8.42 Å². The Bertz CT molecular complexity index is 1360.